The van der Waals surface area contributed by atoms with Gasteiger partial charge in [0.1, 0.15) is 23.8 Å². The van der Waals surface area contributed by atoms with Crippen LogP contribution < -0.4 is 10.4 Å². The zero-order valence-corrected chi connectivity index (χ0v) is 15.3. The smallest absolute Gasteiger partial charge is 0.251 e. The van der Waals surface area contributed by atoms with Gasteiger partial charge in [0.15, 0.2) is 5.69 Å². The van der Waals surface area contributed by atoms with Crippen molar-refractivity contribution in [2.75, 3.05) is 0 Å². The molecule has 12 heteroatoms. The van der Waals surface area contributed by atoms with Crippen LogP contribution in [-0.4, -0.2) is 4.98 Å². The Morgan fingerprint density at radius 1 is 0.719 bits per heavy atom. The van der Waals surface area contributed by atoms with Gasteiger partial charge in [-0.2, -0.15) is 52.7 Å². The number of nitrogens with zero attached hydrogens (tertiary/aromatic N) is 6. The summed E-state index contributed by atoms with van der Waals surface area (Å²) in [6.45, 7) is 0. The Kier molecular flexibility index (Phi) is 6.21. The second kappa shape index (κ2) is 8.48. The molecule has 0 atom stereocenters. The summed E-state index contributed by atoms with van der Waals surface area (Å²) >= 11 is 0. The lowest BCUT2D eigenvalue weighted by molar-refractivity contribution is -0.164. The Hall–Kier alpha value is -4.86. The molecule has 0 fully saturated rings. The maximum absolute atomic E-state index is 13.2. The average Bonchev–Trinajstić information content (AvgIpc) is 2.74. The van der Waals surface area contributed by atoms with E-state index in [2.05, 4.69) is 4.98 Å². The van der Waals surface area contributed by atoms with Crippen LogP contribution in [-0.2, 0) is 12.4 Å². The number of halogens is 6. The molecule has 0 amide bonds. The Labute approximate surface area is 175 Å². The maximum atomic E-state index is 13.2. The minimum atomic E-state index is -5.46. The van der Waals surface area contributed by atoms with Crippen molar-refractivity contribution < 1.29 is 26.3 Å². The Balaban J connectivity index is 3.08. The molecule has 1 aromatic carbocycles. The summed E-state index contributed by atoms with van der Waals surface area (Å²) in [7, 11) is 0. The molecule has 32 heavy (non-hydrogen) atoms. The van der Waals surface area contributed by atoms with E-state index >= 15 is 0 Å². The number of pyridine rings is 1. The summed E-state index contributed by atoms with van der Waals surface area (Å²) in [6.07, 6.45) is -10.5. The van der Waals surface area contributed by atoms with Gasteiger partial charge in [-0.25, -0.2) is 0 Å². The number of alkyl halides is 6. The standard InChI is InChI=1S/C20H4F6N6/c21-19(22,23)17-3-12(9-32-18(17)20(24,25)26)16(8-31)15-2-10(4-27)14(1-11(15)5-28)13(6-29)7-30/h1-3,9H/b16-15-. The molecule has 156 valence electrons. The average molecular weight is 442 g/mol. The van der Waals surface area contributed by atoms with E-state index in [4.69, 9.17) is 10.5 Å². The molecular weight excluding hydrogens is 438 g/mol. The predicted molar refractivity (Wildman–Crippen MR) is 92.1 cm³/mol. The molecule has 1 aromatic heterocycles. The molecule has 0 radical (unpaired) electrons. The van der Waals surface area contributed by atoms with Gasteiger partial charge in [-0.05, 0) is 18.2 Å². The minimum Gasteiger partial charge on any atom is -0.251 e. The monoisotopic (exact) mass is 442 g/mol. The zero-order chi connectivity index (χ0) is 24.3. The van der Waals surface area contributed by atoms with Crippen molar-refractivity contribution in [1.29, 1.82) is 26.3 Å². The molecule has 0 aliphatic rings. The Morgan fingerprint density at radius 2 is 1.25 bits per heavy atom. The molecule has 0 aliphatic heterocycles. The van der Waals surface area contributed by atoms with Gasteiger partial charge in [0.2, 0.25) is 0 Å². The molecule has 2 aromatic rings. The van der Waals surface area contributed by atoms with E-state index in [1.807, 2.05) is 0 Å². The van der Waals surface area contributed by atoms with Gasteiger partial charge >= 0.3 is 12.4 Å². The third-order valence-electron chi connectivity index (χ3n) is 4.02. The van der Waals surface area contributed by atoms with Crippen molar-refractivity contribution in [2.24, 2.45) is 0 Å². The first-order chi connectivity index (χ1) is 14.9. The van der Waals surface area contributed by atoms with E-state index in [1.165, 1.54) is 18.2 Å². The molecule has 2 rings (SSSR count). The second-order valence-corrected chi connectivity index (χ2v) is 5.87. The third kappa shape index (κ3) is 4.33. The number of nitriles is 5. The quantitative estimate of drug-likeness (QED) is 0.624. The molecule has 0 spiro atoms. The summed E-state index contributed by atoms with van der Waals surface area (Å²) < 4.78 is 78.5. The van der Waals surface area contributed by atoms with Crippen LogP contribution in [0.5, 0.6) is 0 Å². The molecule has 0 aliphatic carbocycles. The van der Waals surface area contributed by atoms with Gasteiger partial charge in [0.25, 0.3) is 0 Å². The highest BCUT2D eigenvalue weighted by Gasteiger charge is 2.44. The Morgan fingerprint density at radius 3 is 1.69 bits per heavy atom. The lowest BCUT2D eigenvalue weighted by atomic mass is 9.97. The number of hydrogen-bond acceptors (Lipinski definition) is 6. The van der Waals surface area contributed by atoms with Crippen molar-refractivity contribution >= 4 is 11.1 Å². The van der Waals surface area contributed by atoms with E-state index in [1.54, 1.807) is 12.1 Å². The van der Waals surface area contributed by atoms with Crippen molar-refractivity contribution in [2.45, 2.75) is 12.4 Å². The molecule has 0 N–H and O–H groups in total. The van der Waals surface area contributed by atoms with Crippen LogP contribution in [0.2, 0.25) is 0 Å². The van der Waals surface area contributed by atoms with Crippen LogP contribution in [0.1, 0.15) is 27.9 Å². The summed E-state index contributed by atoms with van der Waals surface area (Å²) in [4.78, 5) is 2.83. The minimum absolute atomic E-state index is 0.0671. The number of aromatic nitrogens is 1. The highest BCUT2D eigenvalue weighted by molar-refractivity contribution is 5.79. The Bertz CT molecular complexity index is 1430. The molecule has 0 bridgehead atoms. The topological polar surface area (TPSA) is 132 Å². The number of hydrogen-bond donors (Lipinski definition) is 0. The summed E-state index contributed by atoms with van der Waals surface area (Å²) in [6, 6.07) is 9.65. The molecule has 0 saturated heterocycles. The number of rotatable bonds is 1. The normalized spacial score (nSPS) is 11.8. The van der Waals surface area contributed by atoms with E-state index in [0.29, 0.717) is 6.20 Å². The lowest BCUT2D eigenvalue weighted by Crippen LogP contribution is -2.22. The van der Waals surface area contributed by atoms with Gasteiger partial charge in [0, 0.05) is 22.2 Å². The molecule has 0 unspecified atom stereocenters. The fourth-order valence-electron chi connectivity index (χ4n) is 2.67. The van der Waals surface area contributed by atoms with Gasteiger partial charge in [0.05, 0.1) is 34.4 Å². The van der Waals surface area contributed by atoms with Gasteiger partial charge in [-0.1, -0.05) is 0 Å². The van der Waals surface area contributed by atoms with Crippen LogP contribution in [0, 0.1) is 56.7 Å². The van der Waals surface area contributed by atoms with E-state index < -0.39 is 45.9 Å². The van der Waals surface area contributed by atoms with Crippen molar-refractivity contribution in [1.82, 2.24) is 4.98 Å². The zero-order valence-electron chi connectivity index (χ0n) is 15.3. The second-order valence-electron chi connectivity index (χ2n) is 5.87. The van der Waals surface area contributed by atoms with Gasteiger partial charge < -0.3 is 0 Å². The fourth-order valence-corrected chi connectivity index (χ4v) is 2.67. The highest BCUT2D eigenvalue weighted by atomic mass is 19.4. The van der Waals surface area contributed by atoms with Crippen molar-refractivity contribution in [3.63, 3.8) is 0 Å². The van der Waals surface area contributed by atoms with E-state index in [-0.39, 0.29) is 22.1 Å². The van der Waals surface area contributed by atoms with Crippen LogP contribution in [0.15, 0.2) is 24.4 Å². The lowest BCUT2D eigenvalue weighted by Gasteiger charge is -2.15. The fraction of sp³-hybridized carbons (Fsp3) is 0.100. The molecular formula is C20H4F6N6. The summed E-state index contributed by atoms with van der Waals surface area (Å²) in [5, 5.41) is 45.5. The number of benzene rings is 1. The molecule has 6 nitrogen and oxygen atoms in total. The van der Waals surface area contributed by atoms with Gasteiger partial charge in [-0.15, -0.1) is 0 Å². The predicted octanol–water partition coefficient (Wildman–Crippen LogP) is 2.78. The first-order valence-corrected chi connectivity index (χ1v) is 8.00. The van der Waals surface area contributed by atoms with Crippen LogP contribution in [0.4, 0.5) is 26.3 Å². The van der Waals surface area contributed by atoms with Crippen LogP contribution in [0.3, 0.4) is 0 Å². The maximum Gasteiger partial charge on any atom is 0.433 e. The first-order valence-electron chi connectivity index (χ1n) is 8.00. The van der Waals surface area contributed by atoms with Crippen molar-refractivity contribution in [3.8, 4) is 30.3 Å². The SMILES string of the molecule is N#CC(C#N)=c1cc(C#N)/c(=C(/C#N)c2cnc(C(F)(F)F)c(C(F)(F)F)c2)cc1C#N. The van der Waals surface area contributed by atoms with Gasteiger partial charge in [-0.3, -0.25) is 4.98 Å². The van der Waals surface area contributed by atoms with E-state index in [0.717, 1.165) is 12.1 Å². The van der Waals surface area contributed by atoms with Crippen LogP contribution >= 0.6 is 0 Å². The highest BCUT2D eigenvalue weighted by Crippen LogP contribution is 2.39. The first kappa shape index (κ1) is 23.4. The molecule has 1 heterocycles. The van der Waals surface area contributed by atoms with Crippen molar-refractivity contribution in [3.05, 3.63) is 62.8 Å². The summed E-state index contributed by atoms with van der Waals surface area (Å²) in [5.74, 6) is 0. The summed E-state index contributed by atoms with van der Waals surface area (Å²) in [5.41, 5.74) is -7.03. The third-order valence-corrected chi connectivity index (χ3v) is 4.02. The molecule has 0 saturated carbocycles. The van der Waals surface area contributed by atoms with E-state index in [9.17, 15) is 42.1 Å². The van der Waals surface area contributed by atoms with Crippen LogP contribution in [0.25, 0.3) is 11.1 Å². The largest absolute Gasteiger partial charge is 0.433 e.